The van der Waals surface area contributed by atoms with Crippen LogP contribution in [0, 0.1) is 11.3 Å². The summed E-state index contributed by atoms with van der Waals surface area (Å²) in [6.45, 7) is 0. The number of pyridine rings is 1. The summed E-state index contributed by atoms with van der Waals surface area (Å²) in [6.07, 6.45) is 2.34. The zero-order chi connectivity index (χ0) is 14.2. The molecule has 20 heavy (non-hydrogen) atoms. The highest BCUT2D eigenvalue weighted by Gasteiger charge is 2.39. The number of nitriles is 1. The molecule has 0 unspecified atom stereocenters. The Morgan fingerprint density at radius 1 is 1.40 bits per heavy atom. The van der Waals surface area contributed by atoms with Gasteiger partial charge >= 0.3 is 0 Å². The number of hydrogen-bond acceptors (Lipinski definition) is 3. The smallest absolute Gasteiger partial charge is 0.271 e. The molecule has 1 aliphatic rings. The van der Waals surface area contributed by atoms with E-state index < -0.39 is 5.54 Å². The van der Waals surface area contributed by atoms with Crippen LogP contribution in [0.3, 0.4) is 0 Å². The zero-order valence-corrected chi connectivity index (χ0v) is 11.4. The van der Waals surface area contributed by atoms with Crippen LogP contribution in [0.15, 0.2) is 30.3 Å². The second-order valence-electron chi connectivity index (χ2n) is 5.01. The maximum absolute atomic E-state index is 12.2. The van der Waals surface area contributed by atoms with E-state index in [0.717, 1.165) is 11.8 Å². The Labute approximate surface area is 121 Å². The van der Waals surface area contributed by atoms with E-state index in [0.29, 0.717) is 23.4 Å². The molecular formula is C15H12ClN3O. The molecule has 5 heteroatoms. The third-order valence-electron chi connectivity index (χ3n) is 3.67. The van der Waals surface area contributed by atoms with Gasteiger partial charge in [0.15, 0.2) is 0 Å². The van der Waals surface area contributed by atoms with Gasteiger partial charge in [-0.1, -0.05) is 29.8 Å². The molecule has 1 aromatic carbocycles. The van der Waals surface area contributed by atoms with E-state index in [1.165, 1.54) is 0 Å². The summed E-state index contributed by atoms with van der Waals surface area (Å²) in [7, 11) is 0. The highest BCUT2D eigenvalue weighted by Crippen LogP contribution is 2.31. The maximum Gasteiger partial charge on any atom is 0.271 e. The van der Waals surface area contributed by atoms with Crippen LogP contribution in [0.5, 0.6) is 0 Å². The lowest BCUT2D eigenvalue weighted by molar-refractivity contribution is 0.0876. The van der Waals surface area contributed by atoms with Crippen molar-refractivity contribution in [1.29, 1.82) is 5.26 Å². The summed E-state index contributed by atoms with van der Waals surface area (Å²) in [5.74, 6) is -0.348. The molecule has 1 saturated carbocycles. The molecule has 0 atom stereocenters. The SMILES string of the molecule is N#CC1(NC(=O)c2cc(Cl)c3ccccc3n2)CCC1. The number of benzene rings is 1. The molecule has 1 fully saturated rings. The average molecular weight is 286 g/mol. The van der Waals surface area contributed by atoms with Crippen molar-refractivity contribution in [1.82, 2.24) is 10.3 Å². The Kier molecular flexibility index (Phi) is 3.07. The van der Waals surface area contributed by atoms with Crippen LogP contribution in [0.2, 0.25) is 5.02 Å². The highest BCUT2D eigenvalue weighted by atomic mass is 35.5. The number of para-hydroxylation sites is 1. The van der Waals surface area contributed by atoms with Gasteiger partial charge in [0.2, 0.25) is 0 Å². The van der Waals surface area contributed by atoms with Gasteiger partial charge in [0, 0.05) is 5.39 Å². The van der Waals surface area contributed by atoms with Gasteiger partial charge in [-0.05, 0) is 31.4 Å². The number of amides is 1. The summed E-state index contributed by atoms with van der Waals surface area (Å²) >= 11 is 6.17. The summed E-state index contributed by atoms with van der Waals surface area (Å²) < 4.78 is 0. The average Bonchev–Trinajstić information content (AvgIpc) is 2.42. The van der Waals surface area contributed by atoms with Gasteiger partial charge in [-0.2, -0.15) is 5.26 Å². The molecular weight excluding hydrogens is 274 g/mol. The quantitative estimate of drug-likeness (QED) is 0.922. The minimum atomic E-state index is -0.725. The molecule has 1 N–H and O–H groups in total. The summed E-state index contributed by atoms with van der Waals surface area (Å²) in [5.41, 5.74) is 0.191. The Hall–Kier alpha value is -2.12. The van der Waals surface area contributed by atoms with Crippen LogP contribution >= 0.6 is 11.6 Å². The minimum Gasteiger partial charge on any atom is -0.332 e. The summed E-state index contributed by atoms with van der Waals surface area (Å²) in [4.78, 5) is 16.5. The molecule has 0 bridgehead atoms. The fourth-order valence-electron chi connectivity index (χ4n) is 2.33. The molecule has 0 saturated heterocycles. The first-order chi connectivity index (χ1) is 9.63. The van der Waals surface area contributed by atoms with E-state index in [1.807, 2.05) is 18.2 Å². The van der Waals surface area contributed by atoms with Crippen molar-refractivity contribution in [2.24, 2.45) is 0 Å². The number of carbonyl (C=O) groups excluding carboxylic acids is 1. The number of nitrogens with zero attached hydrogens (tertiary/aromatic N) is 2. The van der Waals surface area contributed by atoms with E-state index in [2.05, 4.69) is 16.4 Å². The first-order valence-corrected chi connectivity index (χ1v) is 6.80. The molecule has 4 nitrogen and oxygen atoms in total. The molecule has 1 aromatic heterocycles. The lowest BCUT2D eigenvalue weighted by Gasteiger charge is -2.35. The number of halogens is 1. The van der Waals surface area contributed by atoms with Crippen molar-refractivity contribution in [2.45, 2.75) is 24.8 Å². The summed E-state index contributed by atoms with van der Waals surface area (Å²) in [6, 6.07) is 11.1. The van der Waals surface area contributed by atoms with Crippen molar-refractivity contribution in [3.63, 3.8) is 0 Å². The molecule has 1 amide bonds. The lowest BCUT2D eigenvalue weighted by atomic mass is 9.78. The standard InChI is InChI=1S/C15H12ClN3O/c16-11-8-13(18-12-5-2-1-4-10(11)12)14(20)19-15(9-17)6-3-7-15/h1-2,4-5,8H,3,6-7H2,(H,19,20). The highest BCUT2D eigenvalue weighted by molar-refractivity contribution is 6.35. The van der Waals surface area contributed by atoms with Crippen molar-refractivity contribution >= 4 is 28.4 Å². The van der Waals surface area contributed by atoms with Crippen molar-refractivity contribution < 1.29 is 4.79 Å². The molecule has 3 rings (SSSR count). The van der Waals surface area contributed by atoms with Crippen molar-refractivity contribution in [3.8, 4) is 6.07 Å². The monoisotopic (exact) mass is 285 g/mol. The Bertz CT molecular complexity index is 731. The van der Waals surface area contributed by atoms with Crippen molar-refractivity contribution in [3.05, 3.63) is 41.0 Å². The van der Waals surface area contributed by atoms with Gasteiger partial charge in [-0.3, -0.25) is 4.79 Å². The fraction of sp³-hybridized carbons (Fsp3) is 0.267. The number of rotatable bonds is 2. The van der Waals surface area contributed by atoms with Gasteiger partial charge in [-0.25, -0.2) is 4.98 Å². The molecule has 2 aromatic rings. The fourth-order valence-corrected chi connectivity index (χ4v) is 2.59. The van der Waals surface area contributed by atoms with E-state index in [-0.39, 0.29) is 11.6 Å². The first kappa shape index (κ1) is 12.9. The minimum absolute atomic E-state index is 0.246. The van der Waals surface area contributed by atoms with Crippen LogP contribution in [0.4, 0.5) is 0 Å². The van der Waals surface area contributed by atoms with Gasteiger partial charge in [0.25, 0.3) is 5.91 Å². The van der Waals surface area contributed by atoms with E-state index in [4.69, 9.17) is 16.9 Å². The van der Waals surface area contributed by atoms with Crippen LogP contribution in [-0.2, 0) is 0 Å². The van der Waals surface area contributed by atoms with Crippen molar-refractivity contribution in [2.75, 3.05) is 0 Å². The first-order valence-electron chi connectivity index (χ1n) is 6.43. The molecule has 0 aliphatic heterocycles. The number of carbonyl (C=O) groups is 1. The normalized spacial score (nSPS) is 16.2. The van der Waals surface area contributed by atoms with E-state index >= 15 is 0 Å². The van der Waals surface area contributed by atoms with E-state index in [1.54, 1.807) is 12.1 Å². The Morgan fingerprint density at radius 3 is 2.80 bits per heavy atom. The van der Waals surface area contributed by atoms with Crippen LogP contribution in [-0.4, -0.2) is 16.4 Å². The molecule has 1 heterocycles. The molecule has 0 spiro atoms. The maximum atomic E-state index is 12.2. The zero-order valence-electron chi connectivity index (χ0n) is 10.7. The Morgan fingerprint density at radius 2 is 2.15 bits per heavy atom. The largest absolute Gasteiger partial charge is 0.332 e. The van der Waals surface area contributed by atoms with Gasteiger partial charge in [-0.15, -0.1) is 0 Å². The lowest BCUT2D eigenvalue weighted by Crippen LogP contribution is -2.52. The second kappa shape index (κ2) is 4.77. The predicted molar refractivity (Wildman–Crippen MR) is 76.4 cm³/mol. The van der Waals surface area contributed by atoms with Gasteiger partial charge in [0.05, 0.1) is 16.6 Å². The topological polar surface area (TPSA) is 65.8 Å². The number of nitrogens with one attached hydrogen (secondary N) is 1. The predicted octanol–water partition coefficient (Wildman–Crippen LogP) is 3.06. The van der Waals surface area contributed by atoms with Crippen LogP contribution in [0.1, 0.15) is 29.8 Å². The number of fused-ring (bicyclic) bond motifs is 1. The molecule has 0 radical (unpaired) electrons. The summed E-state index contributed by atoms with van der Waals surface area (Å²) in [5, 5.41) is 13.2. The molecule has 1 aliphatic carbocycles. The third-order valence-corrected chi connectivity index (χ3v) is 3.98. The van der Waals surface area contributed by atoms with Crippen LogP contribution < -0.4 is 5.32 Å². The molecule has 100 valence electrons. The second-order valence-corrected chi connectivity index (χ2v) is 5.42. The van der Waals surface area contributed by atoms with E-state index in [9.17, 15) is 4.79 Å². The van der Waals surface area contributed by atoms with Crippen LogP contribution in [0.25, 0.3) is 10.9 Å². The number of hydrogen-bond donors (Lipinski definition) is 1. The number of aromatic nitrogens is 1. The van der Waals surface area contributed by atoms with Gasteiger partial charge < -0.3 is 5.32 Å². The third kappa shape index (κ3) is 2.10. The van der Waals surface area contributed by atoms with Gasteiger partial charge in [0.1, 0.15) is 11.2 Å². The Balaban J connectivity index is 1.94.